The normalized spacial score (nSPS) is 10.8. The summed E-state index contributed by atoms with van der Waals surface area (Å²) in [5, 5.41) is 0.160. The number of halogens is 2. The number of rotatable bonds is 6. The highest BCUT2D eigenvalue weighted by atomic mass is 35.5. The van der Waals surface area contributed by atoms with Crippen molar-refractivity contribution in [2.24, 2.45) is 0 Å². The third-order valence-electron chi connectivity index (χ3n) is 4.47. The summed E-state index contributed by atoms with van der Waals surface area (Å²) >= 11 is 5.87. The van der Waals surface area contributed by atoms with E-state index in [1.807, 2.05) is 0 Å². The van der Waals surface area contributed by atoms with E-state index in [-0.39, 0.29) is 10.8 Å². The molecule has 0 unspecified atom stereocenters. The van der Waals surface area contributed by atoms with Crippen molar-refractivity contribution in [3.05, 3.63) is 94.3 Å². The fraction of sp³-hybridized carbons (Fsp3) is 0.217. The number of benzene rings is 3. The lowest BCUT2D eigenvalue weighted by atomic mass is 9.99. The van der Waals surface area contributed by atoms with Gasteiger partial charge in [-0.25, -0.2) is 4.39 Å². The highest BCUT2D eigenvalue weighted by Gasteiger charge is 2.04. The predicted octanol–water partition coefficient (Wildman–Crippen LogP) is 6.88. The third-order valence-corrected chi connectivity index (χ3v) is 4.76. The molecule has 3 rings (SSSR count). The van der Waals surface area contributed by atoms with Gasteiger partial charge in [0.05, 0.1) is 5.02 Å². The van der Waals surface area contributed by atoms with Gasteiger partial charge in [-0.05, 0) is 59.2 Å². The smallest absolute Gasteiger partial charge is 0.141 e. The molecule has 0 atom stereocenters. The molecule has 0 saturated heterocycles. The first-order chi connectivity index (χ1) is 12.2. The van der Waals surface area contributed by atoms with Gasteiger partial charge in [0, 0.05) is 0 Å². The first kappa shape index (κ1) is 17.7. The molecule has 0 saturated carbocycles. The van der Waals surface area contributed by atoms with Gasteiger partial charge in [-0.1, -0.05) is 79.5 Å². The monoisotopic (exact) mass is 352 g/mol. The zero-order valence-corrected chi connectivity index (χ0v) is 15.2. The van der Waals surface area contributed by atoms with E-state index < -0.39 is 0 Å². The van der Waals surface area contributed by atoms with E-state index >= 15 is 0 Å². The van der Waals surface area contributed by atoms with Gasteiger partial charge in [-0.2, -0.15) is 0 Å². The Morgan fingerprint density at radius 3 is 1.68 bits per heavy atom. The summed E-state index contributed by atoms with van der Waals surface area (Å²) in [6.45, 7) is 2.21. The van der Waals surface area contributed by atoms with Crippen LogP contribution in [0.25, 0.3) is 11.1 Å². The highest BCUT2D eigenvalue weighted by Crippen LogP contribution is 2.25. The summed E-state index contributed by atoms with van der Waals surface area (Å²) < 4.78 is 13.3. The van der Waals surface area contributed by atoms with Gasteiger partial charge in [0.25, 0.3) is 0 Å². The Morgan fingerprint density at radius 1 is 0.680 bits per heavy atom. The molecule has 0 spiro atoms. The Kier molecular flexibility index (Phi) is 5.88. The molecule has 0 aliphatic rings. The Bertz CT molecular complexity index is 820. The van der Waals surface area contributed by atoms with E-state index in [2.05, 4.69) is 55.5 Å². The van der Waals surface area contributed by atoms with Crippen LogP contribution in [0.2, 0.25) is 5.02 Å². The van der Waals surface area contributed by atoms with Crippen LogP contribution in [0.15, 0.2) is 66.7 Å². The van der Waals surface area contributed by atoms with Crippen molar-refractivity contribution < 1.29 is 4.39 Å². The van der Waals surface area contributed by atoms with Crippen LogP contribution in [0.3, 0.4) is 0 Å². The first-order valence-corrected chi connectivity index (χ1v) is 9.15. The zero-order chi connectivity index (χ0) is 17.6. The largest absolute Gasteiger partial charge is 0.205 e. The molecule has 3 aromatic carbocycles. The molecular weight excluding hydrogens is 331 g/mol. The van der Waals surface area contributed by atoms with Crippen LogP contribution in [0.4, 0.5) is 4.39 Å². The van der Waals surface area contributed by atoms with Gasteiger partial charge in [0.1, 0.15) is 5.82 Å². The van der Waals surface area contributed by atoms with E-state index in [4.69, 9.17) is 11.6 Å². The van der Waals surface area contributed by atoms with Crippen molar-refractivity contribution >= 4 is 11.6 Å². The minimum Gasteiger partial charge on any atom is -0.205 e. The van der Waals surface area contributed by atoms with E-state index in [0.29, 0.717) is 0 Å². The van der Waals surface area contributed by atoms with Crippen LogP contribution >= 0.6 is 11.6 Å². The highest BCUT2D eigenvalue weighted by molar-refractivity contribution is 6.31. The van der Waals surface area contributed by atoms with Crippen LogP contribution in [0.1, 0.15) is 30.0 Å². The summed E-state index contributed by atoms with van der Waals surface area (Å²) in [6, 6.07) is 22.2. The van der Waals surface area contributed by atoms with Crippen LogP contribution in [0, 0.1) is 5.82 Å². The van der Waals surface area contributed by atoms with Crippen LogP contribution in [-0.2, 0) is 19.3 Å². The molecule has 0 aromatic heterocycles. The topological polar surface area (TPSA) is 0 Å². The Labute approximate surface area is 154 Å². The lowest BCUT2D eigenvalue weighted by molar-refractivity contribution is 0.628. The standard InChI is InChI=1S/C23H22ClF/c1-2-3-17-4-6-18(7-5-17)8-9-19-10-12-20(13-11-19)21-14-15-23(25)22(24)16-21/h4-7,10-16H,2-3,8-9H2,1H3. The van der Waals surface area contributed by atoms with Gasteiger partial charge < -0.3 is 0 Å². The quantitative estimate of drug-likeness (QED) is 0.453. The number of aryl methyl sites for hydroxylation is 3. The van der Waals surface area contributed by atoms with Gasteiger partial charge >= 0.3 is 0 Å². The lowest BCUT2D eigenvalue weighted by Gasteiger charge is -2.07. The molecule has 0 aliphatic carbocycles. The molecule has 0 nitrogen and oxygen atoms in total. The van der Waals surface area contributed by atoms with Gasteiger partial charge in [-0.3, -0.25) is 0 Å². The maximum absolute atomic E-state index is 13.3. The fourth-order valence-corrected chi connectivity index (χ4v) is 3.17. The maximum Gasteiger partial charge on any atom is 0.141 e. The predicted molar refractivity (Wildman–Crippen MR) is 105 cm³/mol. The first-order valence-electron chi connectivity index (χ1n) is 8.78. The minimum absolute atomic E-state index is 0.160. The second-order valence-corrected chi connectivity index (χ2v) is 6.80. The Balaban J connectivity index is 1.63. The zero-order valence-electron chi connectivity index (χ0n) is 14.4. The number of hydrogen-bond donors (Lipinski definition) is 0. The van der Waals surface area contributed by atoms with Gasteiger partial charge in [0.15, 0.2) is 0 Å². The third kappa shape index (κ3) is 4.70. The molecule has 25 heavy (non-hydrogen) atoms. The van der Waals surface area contributed by atoms with E-state index in [9.17, 15) is 4.39 Å². The van der Waals surface area contributed by atoms with E-state index in [1.165, 1.54) is 29.2 Å². The molecule has 0 heterocycles. The Hall–Kier alpha value is -2.12. The van der Waals surface area contributed by atoms with Gasteiger partial charge in [0.2, 0.25) is 0 Å². The average Bonchev–Trinajstić information content (AvgIpc) is 2.64. The molecule has 0 N–H and O–H groups in total. The summed E-state index contributed by atoms with van der Waals surface area (Å²) in [5.74, 6) is -0.382. The van der Waals surface area contributed by atoms with Crippen molar-refractivity contribution in [1.29, 1.82) is 0 Å². The summed E-state index contributed by atoms with van der Waals surface area (Å²) in [7, 11) is 0. The van der Waals surface area contributed by atoms with Crippen molar-refractivity contribution in [2.45, 2.75) is 32.6 Å². The molecular formula is C23H22ClF. The van der Waals surface area contributed by atoms with Crippen LogP contribution < -0.4 is 0 Å². The van der Waals surface area contributed by atoms with E-state index in [1.54, 1.807) is 12.1 Å². The summed E-state index contributed by atoms with van der Waals surface area (Å²) in [4.78, 5) is 0. The maximum atomic E-state index is 13.3. The molecule has 128 valence electrons. The van der Waals surface area contributed by atoms with Crippen molar-refractivity contribution in [1.82, 2.24) is 0 Å². The van der Waals surface area contributed by atoms with Crippen molar-refractivity contribution in [3.63, 3.8) is 0 Å². The minimum atomic E-state index is -0.382. The second-order valence-electron chi connectivity index (χ2n) is 6.39. The average molecular weight is 353 g/mol. The molecule has 3 aromatic rings. The lowest BCUT2D eigenvalue weighted by Crippen LogP contribution is -1.92. The number of hydrogen-bond acceptors (Lipinski definition) is 0. The fourth-order valence-electron chi connectivity index (χ4n) is 2.99. The van der Waals surface area contributed by atoms with Crippen LogP contribution in [-0.4, -0.2) is 0 Å². The van der Waals surface area contributed by atoms with Crippen molar-refractivity contribution in [2.75, 3.05) is 0 Å². The molecule has 0 amide bonds. The summed E-state index contributed by atoms with van der Waals surface area (Å²) in [6.07, 6.45) is 4.38. The molecule has 0 aliphatic heterocycles. The van der Waals surface area contributed by atoms with E-state index in [0.717, 1.165) is 30.4 Å². The second kappa shape index (κ2) is 8.31. The molecule has 0 radical (unpaired) electrons. The van der Waals surface area contributed by atoms with Crippen LogP contribution in [0.5, 0.6) is 0 Å². The van der Waals surface area contributed by atoms with Gasteiger partial charge in [-0.15, -0.1) is 0 Å². The molecule has 0 bridgehead atoms. The molecule has 2 heteroatoms. The SMILES string of the molecule is CCCc1ccc(CCc2ccc(-c3ccc(F)c(Cl)c3)cc2)cc1. The Morgan fingerprint density at radius 2 is 1.16 bits per heavy atom. The van der Waals surface area contributed by atoms with Crippen molar-refractivity contribution in [3.8, 4) is 11.1 Å². The summed E-state index contributed by atoms with van der Waals surface area (Å²) in [5.41, 5.74) is 6.07. The molecule has 0 fully saturated rings.